The average molecular weight is 274 g/mol. The summed E-state index contributed by atoms with van der Waals surface area (Å²) in [6.45, 7) is 2.34. The lowest BCUT2D eigenvalue weighted by atomic mass is 10.3. The summed E-state index contributed by atoms with van der Waals surface area (Å²) >= 11 is 1.68. The second-order valence-electron chi connectivity index (χ2n) is 4.92. The molecule has 0 spiro atoms. The van der Waals surface area contributed by atoms with Crippen LogP contribution in [-0.2, 0) is 4.79 Å². The van der Waals surface area contributed by atoms with E-state index < -0.39 is 5.97 Å². The van der Waals surface area contributed by atoms with Crippen molar-refractivity contribution in [2.45, 2.75) is 25.8 Å². The molecular formula is C12H22N2O3S. The van der Waals surface area contributed by atoms with Crippen molar-refractivity contribution >= 4 is 23.8 Å². The normalized spacial score (nSPS) is 16.2. The lowest BCUT2D eigenvalue weighted by Gasteiger charge is -2.31. The Balaban J connectivity index is 2.58. The van der Waals surface area contributed by atoms with Gasteiger partial charge < -0.3 is 14.9 Å². The quantitative estimate of drug-likeness (QED) is 0.766. The van der Waals surface area contributed by atoms with Gasteiger partial charge in [-0.3, -0.25) is 4.79 Å². The molecule has 1 N–H and O–H groups in total. The standard InChI is InChI=1S/C12H22N2O3S/c1-9(8-18-3)13(2)12(17)14(7-11(15)16)6-10-4-5-10/h9-10H,4-8H2,1-3H3,(H,15,16). The molecule has 18 heavy (non-hydrogen) atoms. The maximum Gasteiger partial charge on any atom is 0.323 e. The van der Waals surface area contributed by atoms with Crippen LogP contribution in [0.2, 0.25) is 0 Å². The van der Waals surface area contributed by atoms with Gasteiger partial charge in [0.15, 0.2) is 0 Å². The molecule has 0 aliphatic heterocycles. The SMILES string of the molecule is CSCC(C)N(C)C(=O)N(CC(=O)O)CC1CC1. The molecule has 0 radical (unpaired) electrons. The molecule has 0 aromatic heterocycles. The minimum atomic E-state index is -0.949. The smallest absolute Gasteiger partial charge is 0.323 e. The molecule has 1 aliphatic carbocycles. The van der Waals surface area contributed by atoms with E-state index >= 15 is 0 Å². The van der Waals surface area contributed by atoms with E-state index in [-0.39, 0.29) is 18.6 Å². The number of rotatable bonds is 7. The van der Waals surface area contributed by atoms with Crippen LogP contribution in [0.5, 0.6) is 0 Å². The maximum absolute atomic E-state index is 12.2. The Bertz CT molecular complexity index is 308. The van der Waals surface area contributed by atoms with Crippen molar-refractivity contribution in [2.24, 2.45) is 5.92 Å². The molecule has 6 heteroatoms. The first-order chi connectivity index (χ1) is 8.45. The van der Waals surface area contributed by atoms with Crippen LogP contribution < -0.4 is 0 Å². The van der Waals surface area contributed by atoms with Crippen LogP contribution in [0.1, 0.15) is 19.8 Å². The third-order valence-corrected chi connectivity index (χ3v) is 3.96. The van der Waals surface area contributed by atoms with Crippen LogP contribution in [-0.4, -0.2) is 65.1 Å². The van der Waals surface area contributed by atoms with Crippen molar-refractivity contribution < 1.29 is 14.7 Å². The number of nitrogens with zero attached hydrogens (tertiary/aromatic N) is 2. The van der Waals surface area contributed by atoms with E-state index in [2.05, 4.69) is 0 Å². The van der Waals surface area contributed by atoms with E-state index in [0.717, 1.165) is 18.6 Å². The number of urea groups is 1. The molecule has 1 fully saturated rings. The monoisotopic (exact) mass is 274 g/mol. The molecule has 0 heterocycles. The minimum absolute atomic E-state index is 0.114. The molecule has 1 saturated carbocycles. The molecular weight excluding hydrogens is 252 g/mol. The highest BCUT2D eigenvalue weighted by molar-refractivity contribution is 7.98. The van der Waals surface area contributed by atoms with Crippen molar-refractivity contribution in [2.75, 3.05) is 32.1 Å². The molecule has 0 saturated heterocycles. The van der Waals surface area contributed by atoms with Gasteiger partial charge in [-0.15, -0.1) is 0 Å². The van der Waals surface area contributed by atoms with Crippen LogP contribution in [0.3, 0.4) is 0 Å². The van der Waals surface area contributed by atoms with Gasteiger partial charge in [-0.1, -0.05) is 0 Å². The largest absolute Gasteiger partial charge is 0.480 e. The van der Waals surface area contributed by atoms with Gasteiger partial charge in [-0.05, 0) is 31.9 Å². The second kappa shape index (κ2) is 6.87. The Morgan fingerprint density at radius 3 is 2.50 bits per heavy atom. The highest BCUT2D eigenvalue weighted by atomic mass is 32.2. The van der Waals surface area contributed by atoms with Gasteiger partial charge >= 0.3 is 12.0 Å². The van der Waals surface area contributed by atoms with Crippen molar-refractivity contribution in [1.82, 2.24) is 9.80 Å². The van der Waals surface area contributed by atoms with Gasteiger partial charge in [0.05, 0.1) is 0 Å². The summed E-state index contributed by atoms with van der Waals surface area (Å²) < 4.78 is 0. The predicted octanol–water partition coefficient (Wildman–Crippen LogP) is 1.59. The Labute approximate surface area is 113 Å². The summed E-state index contributed by atoms with van der Waals surface area (Å²) in [5, 5.41) is 8.87. The first kappa shape index (κ1) is 15.1. The molecule has 5 nitrogen and oxygen atoms in total. The zero-order valence-electron chi connectivity index (χ0n) is 11.3. The van der Waals surface area contributed by atoms with Crippen molar-refractivity contribution in [3.05, 3.63) is 0 Å². The minimum Gasteiger partial charge on any atom is -0.480 e. The van der Waals surface area contributed by atoms with E-state index in [1.54, 1.807) is 23.7 Å². The molecule has 1 aliphatic rings. The van der Waals surface area contributed by atoms with Crippen LogP contribution in [0.25, 0.3) is 0 Å². The second-order valence-corrected chi connectivity index (χ2v) is 5.83. The number of carbonyl (C=O) groups is 2. The summed E-state index contributed by atoms with van der Waals surface area (Å²) in [5.41, 5.74) is 0. The van der Waals surface area contributed by atoms with Crippen LogP contribution >= 0.6 is 11.8 Å². The number of carboxylic acid groups (broad SMARTS) is 1. The van der Waals surface area contributed by atoms with E-state index in [0.29, 0.717) is 12.5 Å². The van der Waals surface area contributed by atoms with E-state index in [1.807, 2.05) is 13.2 Å². The number of amides is 2. The van der Waals surface area contributed by atoms with Crippen LogP contribution in [0.4, 0.5) is 4.79 Å². The molecule has 0 bridgehead atoms. The van der Waals surface area contributed by atoms with Crippen molar-refractivity contribution in [1.29, 1.82) is 0 Å². The molecule has 2 amide bonds. The van der Waals surface area contributed by atoms with Crippen molar-refractivity contribution in [3.8, 4) is 0 Å². The molecule has 0 aromatic carbocycles. The van der Waals surface area contributed by atoms with E-state index in [4.69, 9.17) is 5.11 Å². The van der Waals surface area contributed by atoms with Crippen LogP contribution in [0.15, 0.2) is 0 Å². The van der Waals surface area contributed by atoms with Gasteiger partial charge in [0.2, 0.25) is 0 Å². The summed E-state index contributed by atoms with van der Waals surface area (Å²) in [7, 11) is 1.74. The van der Waals surface area contributed by atoms with Gasteiger partial charge in [0.25, 0.3) is 0 Å². The number of carboxylic acids is 1. The van der Waals surface area contributed by atoms with Crippen molar-refractivity contribution in [3.63, 3.8) is 0 Å². The van der Waals surface area contributed by atoms with Gasteiger partial charge in [-0.2, -0.15) is 11.8 Å². The summed E-state index contributed by atoms with van der Waals surface area (Å²) in [6.07, 6.45) is 4.20. The molecule has 0 aromatic rings. The maximum atomic E-state index is 12.2. The van der Waals surface area contributed by atoms with E-state index in [1.165, 1.54) is 4.90 Å². The van der Waals surface area contributed by atoms with Gasteiger partial charge in [-0.25, -0.2) is 4.79 Å². The first-order valence-electron chi connectivity index (χ1n) is 6.18. The highest BCUT2D eigenvalue weighted by Crippen LogP contribution is 2.30. The summed E-state index contributed by atoms with van der Waals surface area (Å²) in [6, 6.07) is -0.0613. The lowest BCUT2D eigenvalue weighted by molar-refractivity contribution is -0.137. The number of thioether (sulfide) groups is 1. The zero-order valence-corrected chi connectivity index (χ0v) is 12.1. The third-order valence-electron chi connectivity index (χ3n) is 3.14. The number of hydrogen-bond donors (Lipinski definition) is 1. The van der Waals surface area contributed by atoms with Crippen LogP contribution in [0, 0.1) is 5.92 Å². The predicted molar refractivity (Wildman–Crippen MR) is 72.9 cm³/mol. The molecule has 1 atom stereocenters. The summed E-state index contributed by atoms with van der Waals surface area (Å²) in [4.78, 5) is 26.2. The topological polar surface area (TPSA) is 60.9 Å². The fraction of sp³-hybridized carbons (Fsp3) is 0.833. The number of aliphatic carboxylic acids is 1. The molecule has 1 unspecified atom stereocenters. The first-order valence-corrected chi connectivity index (χ1v) is 7.57. The van der Waals surface area contributed by atoms with E-state index in [9.17, 15) is 9.59 Å². The number of carbonyl (C=O) groups excluding carboxylic acids is 1. The Hall–Kier alpha value is -0.910. The van der Waals surface area contributed by atoms with Gasteiger partial charge in [0.1, 0.15) is 6.54 Å². The zero-order chi connectivity index (χ0) is 13.7. The highest BCUT2D eigenvalue weighted by Gasteiger charge is 2.30. The Morgan fingerprint density at radius 1 is 1.44 bits per heavy atom. The molecule has 104 valence electrons. The Morgan fingerprint density at radius 2 is 2.06 bits per heavy atom. The Kier molecular flexibility index (Phi) is 5.78. The lowest BCUT2D eigenvalue weighted by Crippen LogP contribution is -2.48. The van der Waals surface area contributed by atoms with Gasteiger partial charge in [0, 0.05) is 25.4 Å². The fourth-order valence-electron chi connectivity index (χ4n) is 1.75. The fourth-order valence-corrected chi connectivity index (χ4v) is 2.46. The molecule has 1 rings (SSSR count). The number of hydrogen-bond acceptors (Lipinski definition) is 3. The average Bonchev–Trinajstić information content (AvgIpc) is 3.10. The summed E-state index contributed by atoms with van der Waals surface area (Å²) in [5.74, 6) is 0.402. The third kappa shape index (κ3) is 4.76.